The molecular formula is C20H21FN4. The third-order valence-electron chi connectivity index (χ3n) is 3.95. The molecule has 0 spiro atoms. The molecule has 2 aromatic carbocycles. The van der Waals surface area contributed by atoms with Gasteiger partial charge in [0.15, 0.2) is 0 Å². The molecule has 0 aliphatic carbocycles. The van der Waals surface area contributed by atoms with Gasteiger partial charge in [0.2, 0.25) is 5.95 Å². The minimum absolute atomic E-state index is 0.298. The molecule has 4 nitrogen and oxygen atoms in total. The molecule has 1 aromatic heterocycles. The Morgan fingerprint density at radius 1 is 0.920 bits per heavy atom. The second-order valence-corrected chi connectivity index (χ2v) is 5.61. The van der Waals surface area contributed by atoms with Gasteiger partial charge in [-0.1, -0.05) is 36.4 Å². The smallest absolute Gasteiger partial charge is 0.229 e. The van der Waals surface area contributed by atoms with E-state index in [2.05, 4.69) is 34.0 Å². The van der Waals surface area contributed by atoms with Crippen molar-refractivity contribution >= 4 is 17.5 Å². The molecule has 0 unspecified atom stereocenters. The lowest BCUT2D eigenvalue weighted by atomic mass is 10.1. The Morgan fingerprint density at radius 2 is 1.68 bits per heavy atom. The van der Waals surface area contributed by atoms with Crippen molar-refractivity contribution in [3.8, 4) is 11.3 Å². The number of hydrogen-bond donors (Lipinski definition) is 1. The number of aromatic nitrogens is 2. The Bertz CT molecular complexity index is 832. The Hall–Kier alpha value is -2.95. The predicted molar refractivity (Wildman–Crippen MR) is 101 cm³/mol. The van der Waals surface area contributed by atoms with Crippen LogP contribution in [0.1, 0.15) is 13.8 Å². The normalized spacial score (nSPS) is 10.5. The van der Waals surface area contributed by atoms with Gasteiger partial charge in [-0.05, 0) is 32.0 Å². The van der Waals surface area contributed by atoms with E-state index in [1.54, 1.807) is 12.1 Å². The van der Waals surface area contributed by atoms with E-state index in [0.29, 0.717) is 11.6 Å². The zero-order valence-corrected chi connectivity index (χ0v) is 14.4. The second-order valence-electron chi connectivity index (χ2n) is 5.61. The molecule has 5 heteroatoms. The lowest BCUT2D eigenvalue weighted by Crippen LogP contribution is -2.23. The highest BCUT2D eigenvalue weighted by molar-refractivity contribution is 5.66. The molecule has 128 valence electrons. The van der Waals surface area contributed by atoms with Crippen molar-refractivity contribution in [3.63, 3.8) is 0 Å². The molecule has 0 saturated carbocycles. The highest BCUT2D eigenvalue weighted by atomic mass is 19.1. The van der Waals surface area contributed by atoms with Crippen molar-refractivity contribution in [1.29, 1.82) is 0 Å². The van der Waals surface area contributed by atoms with E-state index in [9.17, 15) is 4.39 Å². The molecule has 0 saturated heterocycles. The molecule has 0 aliphatic rings. The number of benzene rings is 2. The summed E-state index contributed by atoms with van der Waals surface area (Å²) in [6.07, 6.45) is 0. The molecule has 25 heavy (non-hydrogen) atoms. The first-order valence-electron chi connectivity index (χ1n) is 8.41. The van der Waals surface area contributed by atoms with Gasteiger partial charge in [0.1, 0.15) is 11.6 Å². The molecule has 3 aromatic rings. The molecule has 1 N–H and O–H groups in total. The van der Waals surface area contributed by atoms with E-state index in [-0.39, 0.29) is 5.82 Å². The summed E-state index contributed by atoms with van der Waals surface area (Å²) < 4.78 is 13.4. The van der Waals surface area contributed by atoms with Crippen molar-refractivity contribution in [2.24, 2.45) is 0 Å². The molecule has 0 bridgehead atoms. The second kappa shape index (κ2) is 7.75. The van der Waals surface area contributed by atoms with Gasteiger partial charge in [-0.25, -0.2) is 9.37 Å². The summed E-state index contributed by atoms with van der Waals surface area (Å²) in [5, 5.41) is 3.11. The minimum atomic E-state index is -0.298. The van der Waals surface area contributed by atoms with Crippen LogP contribution in [0.3, 0.4) is 0 Å². The van der Waals surface area contributed by atoms with Gasteiger partial charge >= 0.3 is 0 Å². The van der Waals surface area contributed by atoms with Crippen molar-refractivity contribution < 1.29 is 4.39 Å². The number of hydrogen-bond acceptors (Lipinski definition) is 4. The monoisotopic (exact) mass is 336 g/mol. The average molecular weight is 336 g/mol. The SMILES string of the molecule is CCN(CC)c1cc(-c2ccccc2)nc(Nc2cccc(F)c2)n1. The molecule has 0 amide bonds. The molecule has 0 fully saturated rings. The highest BCUT2D eigenvalue weighted by Gasteiger charge is 2.11. The highest BCUT2D eigenvalue weighted by Crippen LogP contribution is 2.25. The molecule has 0 atom stereocenters. The number of nitrogens with one attached hydrogen (secondary N) is 1. The maximum Gasteiger partial charge on any atom is 0.229 e. The summed E-state index contributed by atoms with van der Waals surface area (Å²) in [5.74, 6) is 1.000. The fourth-order valence-corrected chi connectivity index (χ4v) is 2.65. The van der Waals surface area contributed by atoms with E-state index in [4.69, 9.17) is 0 Å². The quantitative estimate of drug-likeness (QED) is 0.697. The van der Waals surface area contributed by atoms with Crippen LogP contribution >= 0.6 is 0 Å². The molecular weight excluding hydrogens is 315 g/mol. The number of halogens is 1. The first-order chi connectivity index (χ1) is 12.2. The molecule has 3 rings (SSSR count). The van der Waals surface area contributed by atoms with Gasteiger partial charge in [0, 0.05) is 30.4 Å². The van der Waals surface area contributed by atoms with E-state index < -0.39 is 0 Å². The number of anilines is 3. The predicted octanol–water partition coefficient (Wildman–Crippen LogP) is 4.87. The summed E-state index contributed by atoms with van der Waals surface area (Å²) in [4.78, 5) is 11.4. The zero-order chi connectivity index (χ0) is 17.6. The summed E-state index contributed by atoms with van der Waals surface area (Å²) in [6.45, 7) is 5.88. The van der Waals surface area contributed by atoms with Crippen LogP contribution in [-0.4, -0.2) is 23.1 Å². The van der Waals surface area contributed by atoms with Crippen LogP contribution in [0.5, 0.6) is 0 Å². The van der Waals surface area contributed by atoms with Crippen LogP contribution in [0.25, 0.3) is 11.3 Å². The average Bonchev–Trinajstić information content (AvgIpc) is 2.63. The van der Waals surface area contributed by atoms with E-state index >= 15 is 0 Å². The Labute approximate surface area is 147 Å². The van der Waals surface area contributed by atoms with Gasteiger partial charge < -0.3 is 10.2 Å². The lowest BCUT2D eigenvalue weighted by Gasteiger charge is -2.21. The van der Waals surface area contributed by atoms with Crippen LogP contribution in [0.15, 0.2) is 60.7 Å². The van der Waals surface area contributed by atoms with Gasteiger partial charge in [-0.2, -0.15) is 4.98 Å². The van der Waals surface area contributed by atoms with Crippen molar-refractivity contribution in [1.82, 2.24) is 9.97 Å². The topological polar surface area (TPSA) is 41.1 Å². The largest absolute Gasteiger partial charge is 0.357 e. The Balaban J connectivity index is 2.03. The number of nitrogens with zero attached hydrogens (tertiary/aromatic N) is 3. The van der Waals surface area contributed by atoms with E-state index in [1.165, 1.54) is 12.1 Å². The first kappa shape index (κ1) is 16.9. The van der Waals surface area contributed by atoms with Crippen LogP contribution in [-0.2, 0) is 0 Å². The summed E-state index contributed by atoms with van der Waals surface area (Å²) in [7, 11) is 0. The third-order valence-corrected chi connectivity index (χ3v) is 3.95. The van der Waals surface area contributed by atoms with Crippen molar-refractivity contribution in [3.05, 3.63) is 66.5 Å². The Morgan fingerprint density at radius 3 is 2.36 bits per heavy atom. The number of rotatable bonds is 6. The minimum Gasteiger partial charge on any atom is -0.357 e. The van der Waals surface area contributed by atoms with E-state index in [1.807, 2.05) is 36.4 Å². The van der Waals surface area contributed by atoms with Gasteiger partial charge in [0.05, 0.1) is 5.69 Å². The van der Waals surface area contributed by atoms with Crippen LogP contribution in [0.4, 0.5) is 21.8 Å². The van der Waals surface area contributed by atoms with Crippen LogP contribution in [0.2, 0.25) is 0 Å². The third kappa shape index (κ3) is 4.12. The van der Waals surface area contributed by atoms with Crippen molar-refractivity contribution in [2.45, 2.75) is 13.8 Å². The van der Waals surface area contributed by atoms with Gasteiger partial charge in [-0.3, -0.25) is 0 Å². The van der Waals surface area contributed by atoms with Gasteiger partial charge in [0.25, 0.3) is 0 Å². The standard InChI is InChI=1S/C20H21FN4/c1-3-25(4-2)19-14-18(15-9-6-5-7-10-15)23-20(24-19)22-17-12-8-11-16(21)13-17/h5-14H,3-4H2,1-2H3,(H,22,23,24). The van der Waals surface area contributed by atoms with Crippen LogP contribution in [0, 0.1) is 5.82 Å². The maximum atomic E-state index is 13.4. The van der Waals surface area contributed by atoms with E-state index in [0.717, 1.165) is 30.2 Å². The van der Waals surface area contributed by atoms with Crippen LogP contribution < -0.4 is 10.2 Å². The molecule has 1 heterocycles. The summed E-state index contributed by atoms with van der Waals surface area (Å²) >= 11 is 0. The Kier molecular flexibility index (Phi) is 5.23. The summed E-state index contributed by atoms with van der Waals surface area (Å²) in [5.41, 5.74) is 2.47. The maximum absolute atomic E-state index is 13.4. The molecule has 0 radical (unpaired) electrons. The fraction of sp³-hybridized carbons (Fsp3) is 0.200. The summed E-state index contributed by atoms with van der Waals surface area (Å²) in [6, 6.07) is 18.2. The molecule has 0 aliphatic heterocycles. The fourth-order valence-electron chi connectivity index (χ4n) is 2.65. The van der Waals surface area contributed by atoms with Gasteiger partial charge in [-0.15, -0.1) is 0 Å². The lowest BCUT2D eigenvalue weighted by molar-refractivity contribution is 0.628. The first-order valence-corrected chi connectivity index (χ1v) is 8.41. The van der Waals surface area contributed by atoms with Crippen molar-refractivity contribution in [2.75, 3.05) is 23.3 Å². The zero-order valence-electron chi connectivity index (χ0n) is 14.4.